The molecule has 1 aromatic heterocycles. The summed E-state index contributed by atoms with van der Waals surface area (Å²) in [5, 5.41) is 10.8. The van der Waals surface area contributed by atoms with Crippen LogP contribution in [0.5, 0.6) is 0 Å². The number of aromatic nitrogens is 1. The van der Waals surface area contributed by atoms with E-state index >= 15 is 0 Å². The van der Waals surface area contributed by atoms with Crippen molar-refractivity contribution >= 4 is 16.6 Å². The second-order valence-corrected chi connectivity index (χ2v) is 6.66. The topological polar surface area (TPSA) is 39.6 Å². The fourth-order valence-corrected chi connectivity index (χ4v) is 3.95. The van der Waals surface area contributed by atoms with Crippen LogP contribution in [0.3, 0.4) is 0 Å². The van der Waals surface area contributed by atoms with Gasteiger partial charge in [0.15, 0.2) is 0 Å². The Labute approximate surface area is 145 Å². The largest absolute Gasteiger partial charge is 0.395 e. The summed E-state index contributed by atoms with van der Waals surface area (Å²) >= 11 is 0. The highest BCUT2D eigenvalue weighted by Crippen LogP contribution is 2.33. The summed E-state index contributed by atoms with van der Waals surface area (Å²) in [6.07, 6.45) is 2.02. The Bertz CT molecular complexity index is 689. The molecule has 1 aliphatic heterocycles. The van der Waals surface area contributed by atoms with Gasteiger partial charge >= 0.3 is 0 Å². The molecule has 24 heavy (non-hydrogen) atoms. The molecule has 1 aliphatic rings. The third kappa shape index (κ3) is 3.13. The van der Waals surface area contributed by atoms with Gasteiger partial charge in [-0.25, -0.2) is 0 Å². The smallest absolute Gasteiger partial charge is 0.0726 e. The third-order valence-electron chi connectivity index (χ3n) is 5.35. The van der Waals surface area contributed by atoms with Crippen molar-refractivity contribution in [2.24, 2.45) is 0 Å². The van der Waals surface area contributed by atoms with E-state index in [-0.39, 0.29) is 6.61 Å². The maximum Gasteiger partial charge on any atom is 0.0726 e. The van der Waals surface area contributed by atoms with E-state index in [1.54, 1.807) is 0 Å². The second-order valence-electron chi connectivity index (χ2n) is 6.66. The molecule has 2 heterocycles. The van der Waals surface area contributed by atoms with Gasteiger partial charge in [-0.05, 0) is 31.4 Å². The molecule has 4 nitrogen and oxygen atoms in total. The summed E-state index contributed by atoms with van der Waals surface area (Å²) in [5.74, 6) is 0. The van der Waals surface area contributed by atoms with E-state index in [9.17, 15) is 5.11 Å². The molecule has 1 aromatic carbocycles. The van der Waals surface area contributed by atoms with Crippen LogP contribution >= 0.6 is 0 Å². The highest BCUT2D eigenvalue weighted by atomic mass is 16.3. The van der Waals surface area contributed by atoms with Gasteiger partial charge in [0.05, 0.1) is 17.8 Å². The molecular weight excluding hydrogens is 298 g/mol. The second kappa shape index (κ2) is 7.49. The first kappa shape index (κ1) is 17.2. The fourth-order valence-electron chi connectivity index (χ4n) is 3.95. The highest BCUT2D eigenvalue weighted by molar-refractivity contribution is 5.94. The van der Waals surface area contributed by atoms with Crippen LogP contribution in [0.25, 0.3) is 10.9 Å². The van der Waals surface area contributed by atoms with Gasteiger partial charge in [0.1, 0.15) is 0 Å². The number of hydrogen-bond donors (Lipinski definition) is 1. The lowest BCUT2D eigenvalue weighted by atomic mass is 10.0. The summed E-state index contributed by atoms with van der Waals surface area (Å²) in [6, 6.07) is 8.78. The number of pyridine rings is 1. The monoisotopic (exact) mass is 327 g/mol. The molecule has 1 N–H and O–H groups in total. The molecule has 0 spiro atoms. The van der Waals surface area contributed by atoms with Gasteiger partial charge in [-0.3, -0.25) is 9.88 Å². The minimum atomic E-state index is 0.258. The minimum Gasteiger partial charge on any atom is -0.395 e. The summed E-state index contributed by atoms with van der Waals surface area (Å²) in [7, 11) is 0. The zero-order chi connectivity index (χ0) is 17.1. The van der Waals surface area contributed by atoms with Crippen LogP contribution in [-0.2, 0) is 6.42 Å². The first-order valence-corrected chi connectivity index (χ1v) is 9.17. The Morgan fingerprint density at radius 1 is 1.12 bits per heavy atom. The molecule has 130 valence electrons. The average molecular weight is 327 g/mol. The minimum absolute atomic E-state index is 0.258. The first-order chi connectivity index (χ1) is 11.7. The number of benzene rings is 1. The fraction of sp³-hybridized carbons (Fsp3) is 0.550. The molecule has 1 saturated heterocycles. The number of para-hydroxylation sites is 1. The molecule has 0 amide bonds. The molecule has 0 radical (unpaired) electrons. The first-order valence-electron chi connectivity index (χ1n) is 9.17. The summed E-state index contributed by atoms with van der Waals surface area (Å²) in [4.78, 5) is 9.75. The van der Waals surface area contributed by atoms with Crippen molar-refractivity contribution in [2.75, 3.05) is 37.7 Å². The van der Waals surface area contributed by atoms with Crippen LogP contribution in [0.2, 0.25) is 0 Å². The number of hydrogen-bond acceptors (Lipinski definition) is 4. The zero-order valence-electron chi connectivity index (χ0n) is 15.1. The molecule has 4 heteroatoms. The Hall–Kier alpha value is -1.65. The number of rotatable bonds is 5. The van der Waals surface area contributed by atoms with Gasteiger partial charge in [-0.1, -0.05) is 32.0 Å². The predicted octanol–water partition coefficient (Wildman–Crippen LogP) is 3.00. The Balaban J connectivity index is 1.93. The number of fused-ring (bicyclic) bond motifs is 1. The van der Waals surface area contributed by atoms with Crippen LogP contribution < -0.4 is 4.90 Å². The van der Waals surface area contributed by atoms with Crippen molar-refractivity contribution in [3.8, 4) is 0 Å². The van der Waals surface area contributed by atoms with Gasteiger partial charge in [-0.15, -0.1) is 0 Å². The summed E-state index contributed by atoms with van der Waals surface area (Å²) < 4.78 is 0. The van der Waals surface area contributed by atoms with E-state index in [1.165, 1.54) is 16.6 Å². The molecule has 0 aliphatic carbocycles. The van der Waals surface area contributed by atoms with Crippen molar-refractivity contribution < 1.29 is 5.11 Å². The standard InChI is InChI=1S/C20H29N3O/c1-4-16(14-24)22-10-12-23(13-11-22)20-17(5-2)15(3)21-19-9-7-6-8-18(19)20/h6-9,16,24H,4-5,10-14H2,1-3H3. The Morgan fingerprint density at radius 3 is 2.46 bits per heavy atom. The van der Waals surface area contributed by atoms with Gasteiger partial charge in [0.25, 0.3) is 0 Å². The van der Waals surface area contributed by atoms with Crippen LogP contribution in [0.1, 0.15) is 31.5 Å². The quantitative estimate of drug-likeness (QED) is 0.916. The summed E-state index contributed by atoms with van der Waals surface area (Å²) in [6.45, 7) is 10.8. The lowest BCUT2D eigenvalue weighted by Gasteiger charge is -2.40. The molecule has 0 saturated carbocycles. The van der Waals surface area contributed by atoms with Crippen LogP contribution in [0.15, 0.2) is 24.3 Å². The number of piperazine rings is 1. The maximum absolute atomic E-state index is 9.56. The summed E-state index contributed by atoms with van der Waals surface area (Å²) in [5.41, 5.74) is 4.98. The number of nitrogens with zero attached hydrogens (tertiary/aromatic N) is 3. The Morgan fingerprint density at radius 2 is 1.83 bits per heavy atom. The van der Waals surface area contributed by atoms with Gasteiger partial charge in [0.2, 0.25) is 0 Å². The van der Waals surface area contributed by atoms with Crippen molar-refractivity contribution in [3.63, 3.8) is 0 Å². The van der Waals surface area contributed by atoms with Crippen molar-refractivity contribution in [2.45, 2.75) is 39.7 Å². The molecule has 1 unspecified atom stereocenters. The Kier molecular flexibility index (Phi) is 5.36. The molecule has 2 aromatic rings. The van der Waals surface area contributed by atoms with Crippen LogP contribution in [-0.4, -0.2) is 53.8 Å². The molecule has 1 fully saturated rings. The lowest BCUT2D eigenvalue weighted by molar-refractivity contribution is 0.114. The molecule has 3 rings (SSSR count). The molecule has 1 atom stereocenters. The third-order valence-corrected chi connectivity index (χ3v) is 5.35. The van der Waals surface area contributed by atoms with Crippen molar-refractivity contribution in [3.05, 3.63) is 35.5 Å². The zero-order valence-corrected chi connectivity index (χ0v) is 15.1. The molecular formula is C20H29N3O. The number of aliphatic hydroxyl groups is 1. The van der Waals surface area contributed by atoms with Crippen molar-refractivity contribution in [1.82, 2.24) is 9.88 Å². The van der Waals surface area contributed by atoms with E-state index in [4.69, 9.17) is 4.98 Å². The predicted molar refractivity (Wildman–Crippen MR) is 101 cm³/mol. The number of aliphatic hydroxyl groups excluding tert-OH is 1. The maximum atomic E-state index is 9.56. The normalized spacial score (nSPS) is 17.4. The van der Waals surface area contributed by atoms with E-state index < -0.39 is 0 Å². The van der Waals surface area contributed by atoms with E-state index in [2.05, 4.69) is 54.8 Å². The van der Waals surface area contributed by atoms with Crippen LogP contribution in [0.4, 0.5) is 5.69 Å². The van der Waals surface area contributed by atoms with Gasteiger partial charge in [0, 0.05) is 43.3 Å². The highest BCUT2D eigenvalue weighted by Gasteiger charge is 2.25. The van der Waals surface area contributed by atoms with Crippen LogP contribution in [0, 0.1) is 6.92 Å². The van der Waals surface area contributed by atoms with Gasteiger partial charge in [-0.2, -0.15) is 0 Å². The number of anilines is 1. The van der Waals surface area contributed by atoms with E-state index in [0.29, 0.717) is 6.04 Å². The number of aryl methyl sites for hydroxylation is 1. The average Bonchev–Trinajstić information content (AvgIpc) is 2.62. The SMILES string of the molecule is CCc1c(C)nc2ccccc2c1N1CCN(C(CC)CO)CC1. The molecule has 0 bridgehead atoms. The lowest BCUT2D eigenvalue weighted by Crippen LogP contribution is -2.51. The van der Waals surface area contributed by atoms with Gasteiger partial charge < -0.3 is 10.0 Å². The van der Waals surface area contributed by atoms with E-state index in [0.717, 1.165) is 50.2 Å². The van der Waals surface area contributed by atoms with Crippen molar-refractivity contribution in [1.29, 1.82) is 0 Å². The van der Waals surface area contributed by atoms with E-state index in [1.807, 2.05) is 0 Å².